The van der Waals surface area contributed by atoms with Crippen LogP contribution >= 0.6 is 0 Å². The number of rotatable bonds is 3. The van der Waals surface area contributed by atoms with E-state index in [9.17, 15) is 4.79 Å². The predicted molar refractivity (Wildman–Crippen MR) is 69.7 cm³/mol. The molecule has 98 valence electrons. The molecule has 1 aliphatic heterocycles. The van der Waals surface area contributed by atoms with E-state index in [4.69, 9.17) is 9.84 Å². The monoisotopic (exact) mass is 249 g/mol. The number of hydrogen-bond acceptors (Lipinski definition) is 3. The Kier molecular flexibility index (Phi) is 3.99. The molecule has 4 heteroatoms. The van der Waals surface area contributed by atoms with Crippen molar-refractivity contribution < 1.29 is 14.6 Å². The summed E-state index contributed by atoms with van der Waals surface area (Å²) in [5, 5.41) is 8.95. The molecule has 1 N–H and O–H groups in total. The van der Waals surface area contributed by atoms with Crippen molar-refractivity contribution in [2.75, 3.05) is 24.7 Å². The third kappa shape index (κ3) is 2.89. The molecule has 1 aromatic rings. The van der Waals surface area contributed by atoms with Crippen LogP contribution in [-0.2, 0) is 9.53 Å². The zero-order chi connectivity index (χ0) is 13.1. The van der Waals surface area contributed by atoms with Crippen LogP contribution in [-0.4, -0.2) is 36.9 Å². The fraction of sp³-hybridized carbons (Fsp3) is 0.500. The first-order chi connectivity index (χ1) is 8.60. The number of nitrogens with zero attached hydrogens (tertiary/aromatic N) is 1. The lowest BCUT2D eigenvalue weighted by Gasteiger charge is -2.33. The van der Waals surface area contributed by atoms with Gasteiger partial charge < -0.3 is 14.7 Å². The summed E-state index contributed by atoms with van der Waals surface area (Å²) in [6.45, 7) is 4.73. The summed E-state index contributed by atoms with van der Waals surface area (Å²) in [6, 6.07) is 6.10. The molecule has 1 aromatic carbocycles. The Labute approximate surface area is 107 Å². The minimum atomic E-state index is -0.0754. The highest BCUT2D eigenvalue weighted by atomic mass is 16.5. The number of anilines is 1. The summed E-state index contributed by atoms with van der Waals surface area (Å²) in [6.07, 6.45) is 0.489. The van der Waals surface area contributed by atoms with Crippen molar-refractivity contribution in [3.05, 3.63) is 29.3 Å². The minimum absolute atomic E-state index is 0.0193. The number of aryl methyl sites for hydroxylation is 2. The zero-order valence-electron chi connectivity index (χ0n) is 10.8. The number of amides is 1. The van der Waals surface area contributed by atoms with Gasteiger partial charge in [-0.2, -0.15) is 0 Å². The molecule has 2 rings (SSSR count). The van der Waals surface area contributed by atoms with Crippen LogP contribution in [0, 0.1) is 13.8 Å². The van der Waals surface area contributed by atoms with Crippen molar-refractivity contribution in [3.63, 3.8) is 0 Å². The number of hydrogen-bond donors (Lipinski definition) is 1. The van der Waals surface area contributed by atoms with Crippen LogP contribution in [0.25, 0.3) is 0 Å². The minimum Gasteiger partial charge on any atom is -0.396 e. The van der Waals surface area contributed by atoms with Gasteiger partial charge >= 0.3 is 0 Å². The van der Waals surface area contributed by atoms with E-state index >= 15 is 0 Å². The van der Waals surface area contributed by atoms with Gasteiger partial charge in [-0.25, -0.2) is 0 Å². The smallest absolute Gasteiger partial charge is 0.253 e. The molecule has 1 aliphatic rings. The normalized spacial score (nSPS) is 20.3. The average Bonchev–Trinajstić information content (AvgIpc) is 2.30. The van der Waals surface area contributed by atoms with Gasteiger partial charge in [0.05, 0.1) is 12.6 Å². The summed E-state index contributed by atoms with van der Waals surface area (Å²) in [7, 11) is 0. The maximum atomic E-state index is 11.9. The number of ether oxygens (including phenoxy) is 1. The molecule has 18 heavy (non-hydrogen) atoms. The van der Waals surface area contributed by atoms with Crippen molar-refractivity contribution >= 4 is 11.6 Å². The van der Waals surface area contributed by atoms with E-state index in [-0.39, 0.29) is 25.2 Å². The van der Waals surface area contributed by atoms with Gasteiger partial charge in [-0.05, 0) is 43.5 Å². The molecule has 0 radical (unpaired) electrons. The van der Waals surface area contributed by atoms with Crippen molar-refractivity contribution in [1.82, 2.24) is 0 Å². The van der Waals surface area contributed by atoms with Gasteiger partial charge in [0, 0.05) is 12.3 Å². The lowest BCUT2D eigenvalue weighted by atomic mass is 10.1. The average molecular weight is 249 g/mol. The molecule has 0 aromatic heterocycles. The first-order valence-corrected chi connectivity index (χ1v) is 6.21. The molecule has 0 spiro atoms. The predicted octanol–water partition coefficient (Wildman–Crippen LogP) is 1.42. The van der Waals surface area contributed by atoms with Crippen LogP contribution in [0.3, 0.4) is 0 Å². The standard InChI is InChI=1S/C14H19NO3/c1-10-5-11(2)7-12(6-10)15-8-13(3-4-16)18-9-14(15)17/h5-7,13,16H,3-4,8-9H2,1-2H3. The first kappa shape index (κ1) is 13.1. The van der Waals surface area contributed by atoms with Gasteiger partial charge in [-0.3, -0.25) is 4.79 Å². The highest BCUT2D eigenvalue weighted by Crippen LogP contribution is 2.22. The Hall–Kier alpha value is -1.39. The summed E-state index contributed by atoms with van der Waals surface area (Å²) in [4.78, 5) is 13.7. The van der Waals surface area contributed by atoms with Crippen molar-refractivity contribution in [2.24, 2.45) is 0 Å². The third-order valence-corrected chi connectivity index (χ3v) is 3.10. The van der Waals surface area contributed by atoms with Crippen LogP contribution in [0.15, 0.2) is 18.2 Å². The van der Waals surface area contributed by atoms with Gasteiger partial charge in [0.15, 0.2) is 0 Å². The lowest BCUT2D eigenvalue weighted by Crippen LogP contribution is -2.47. The second-order valence-corrected chi connectivity index (χ2v) is 4.80. The molecular formula is C14H19NO3. The number of carbonyl (C=O) groups is 1. The Bertz CT molecular complexity index is 424. The maximum absolute atomic E-state index is 11.9. The first-order valence-electron chi connectivity index (χ1n) is 6.21. The van der Waals surface area contributed by atoms with Crippen LogP contribution in [0.2, 0.25) is 0 Å². The highest BCUT2D eigenvalue weighted by molar-refractivity contribution is 5.95. The van der Waals surface area contributed by atoms with Gasteiger partial charge in [0.25, 0.3) is 5.91 Å². The molecule has 1 amide bonds. The van der Waals surface area contributed by atoms with Crippen LogP contribution < -0.4 is 4.90 Å². The fourth-order valence-electron chi connectivity index (χ4n) is 2.30. The zero-order valence-corrected chi connectivity index (χ0v) is 10.8. The largest absolute Gasteiger partial charge is 0.396 e. The fourth-order valence-corrected chi connectivity index (χ4v) is 2.30. The van der Waals surface area contributed by atoms with Gasteiger partial charge in [0.2, 0.25) is 0 Å². The van der Waals surface area contributed by atoms with Crippen molar-refractivity contribution in [2.45, 2.75) is 26.4 Å². The third-order valence-electron chi connectivity index (χ3n) is 3.10. The summed E-state index contributed by atoms with van der Waals surface area (Å²) in [5.74, 6) is -0.0193. The Morgan fingerprint density at radius 1 is 1.33 bits per heavy atom. The Balaban J connectivity index is 2.21. The Morgan fingerprint density at radius 3 is 2.61 bits per heavy atom. The molecule has 0 bridgehead atoms. The molecule has 1 saturated heterocycles. The van der Waals surface area contributed by atoms with Crippen molar-refractivity contribution in [3.8, 4) is 0 Å². The maximum Gasteiger partial charge on any atom is 0.253 e. The second-order valence-electron chi connectivity index (χ2n) is 4.80. The number of carbonyl (C=O) groups excluding carboxylic acids is 1. The van der Waals surface area contributed by atoms with E-state index in [1.54, 1.807) is 4.90 Å². The van der Waals surface area contributed by atoms with E-state index in [0.717, 1.165) is 16.8 Å². The molecule has 0 saturated carbocycles. The van der Waals surface area contributed by atoms with E-state index in [1.165, 1.54) is 0 Å². The summed E-state index contributed by atoms with van der Waals surface area (Å²) in [5.41, 5.74) is 3.20. The van der Waals surface area contributed by atoms with Crippen LogP contribution in [0.4, 0.5) is 5.69 Å². The number of aliphatic hydroxyl groups excluding tert-OH is 1. The van der Waals surface area contributed by atoms with Gasteiger partial charge in [-0.15, -0.1) is 0 Å². The van der Waals surface area contributed by atoms with Crippen LogP contribution in [0.5, 0.6) is 0 Å². The number of benzene rings is 1. The molecule has 4 nitrogen and oxygen atoms in total. The topological polar surface area (TPSA) is 49.8 Å². The SMILES string of the molecule is Cc1cc(C)cc(N2CC(CCO)OCC2=O)c1. The lowest BCUT2D eigenvalue weighted by molar-refractivity contribution is -0.129. The Morgan fingerprint density at radius 2 is 2.00 bits per heavy atom. The number of aliphatic hydroxyl groups is 1. The summed E-state index contributed by atoms with van der Waals surface area (Å²) < 4.78 is 5.39. The van der Waals surface area contributed by atoms with E-state index in [0.29, 0.717) is 13.0 Å². The quantitative estimate of drug-likeness (QED) is 0.881. The molecular weight excluding hydrogens is 230 g/mol. The molecule has 1 heterocycles. The van der Waals surface area contributed by atoms with E-state index in [1.807, 2.05) is 26.0 Å². The van der Waals surface area contributed by atoms with Gasteiger partial charge in [0.1, 0.15) is 6.61 Å². The summed E-state index contributed by atoms with van der Waals surface area (Å²) >= 11 is 0. The molecule has 0 aliphatic carbocycles. The second kappa shape index (κ2) is 5.50. The molecule has 1 fully saturated rings. The van der Waals surface area contributed by atoms with Crippen molar-refractivity contribution in [1.29, 1.82) is 0 Å². The molecule has 1 atom stereocenters. The highest BCUT2D eigenvalue weighted by Gasteiger charge is 2.27. The number of morpholine rings is 1. The molecule has 1 unspecified atom stereocenters. The van der Waals surface area contributed by atoms with E-state index in [2.05, 4.69) is 6.07 Å². The van der Waals surface area contributed by atoms with E-state index < -0.39 is 0 Å². The van der Waals surface area contributed by atoms with Crippen LogP contribution in [0.1, 0.15) is 17.5 Å². The van der Waals surface area contributed by atoms with Gasteiger partial charge in [-0.1, -0.05) is 6.07 Å².